The lowest BCUT2D eigenvalue weighted by atomic mass is 9.55. The average molecular weight is 393 g/mol. The van der Waals surface area contributed by atoms with E-state index in [1.807, 2.05) is 19.9 Å². The first-order valence-electron chi connectivity index (χ1n) is 11.6. The molecule has 3 aliphatic carbocycles. The van der Waals surface area contributed by atoms with Crippen LogP contribution in [0.25, 0.3) is 0 Å². The molecule has 3 aliphatic rings. The molecule has 2 aromatic rings. The molecule has 1 N–H and O–H groups in total. The second kappa shape index (κ2) is 8.52. The largest absolute Gasteiger partial charge is 0.489 e. The van der Waals surface area contributed by atoms with Crippen LogP contribution < -0.4 is 4.74 Å². The molecule has 0 radical (unpaired) electrons. The Bertz CT molecular complexity index is 815. The summed E-state index contributed by atoms with van der Waals surface area (Å²) in [5.74, 6) is 3.13. The Hall–Kier alpha value is -1.80. The zero-order chi connectivity index (χ0) is 20.4. The van der Waals surface area contributed by atoms with Crippen LogP contribution in [0, 0.1) is 17.3 Å². The van der Waals surface area contributed by atoms with Gasteiger partial charge in [-0.1, -0.05) is 57.2 Å². The second-order valence-electron chi connectivity index (χ2n) is 9.19. The first-order valence-corrected chi connectivity index (χ1v) is 11.6. The van der Waals surface area contributed by atoms with E-state index in [0.29, 0.717) is 18.4 Å². The fraction of sp³-hybridized carbons (Fsp3) is 0.556. The van der Waals surface area contributed by atoms with Gasteiger partial charge in [-0.15, -0.1) is 0 Å². The Balaban J connectivity index is 0.000000994. The standard InChI is InChI=1S/C25H30O2.C2H6/c1-25-14-13-21-20-10-8-19(27-16-17-5-3-2-4-6-17)15-18(20)7-9-22(21)23(25)11-12-24(25)26;1-2/h2-6,8,10,15,21-24,26H,7,9,11-14,16H2,1H3;1-2H3. The lowest BCUT2D eigenvalue weighted by Gasteiger charge is -2.50. The van der Waals surface area contributed by atoms with Crippen LogP contribution in [0.15, 0.2) is 48.5 Å². The lowest BCUT2D eigenvalue weighted by Crippen LogP contribution is -2.43. The number of ether oxygens (including phenoxy) is 1. The monoisotopic (exact) mass is 392 g/mol. The number of aliphatic hydroxyl groups excluding tert-OH is 1. The first-order chi connectivity index (χ1) is 14.1. The first kappa shape index (κ1) is 20.5. The number of benzene rings is 2. The summed E-state index contributed by atoms with van der Waals surface area (Å²) in [7, 11) is 0. The Morgan fingerprint density at radius 1 is 1.00 bits per heavy atom. The topological polar surface area (TPSA) is 29.5 Å². The quantitative estimate of drug-likeness (QED) is 0.645. The van der Waals surface area contributed by atoms with Gasteiger partial charge in [0.05, 0.1) is 6.10 Å². The molecule has 156 valence electrons. The fourth-order valence-corrected chi connectivity index (χ4v) is 6.36. The maximum Gasteiger partial charge on any atom is 0.120 e. The summed E-state index contributed by atoms with van der Waals surface area (Å²) in [6, 6.07) is 17.2. The molecule has 0 spiro atoms. The molecule has 0 heterocycles. The van der Waals surface area contributed by atoms with Crippen LogP contribution in [0.1, 0.15) is 75.5 Å². The number of hydrogen-bond acceptors (Lipinski definition) is 2. The molecule has 0 bridgehead atoms. The highest BCUT2D eigenvalue weighted by Gasteiger charge is 2.54. The number of aryl methyl sites for hydroxylation is 1. The number of hydrogen-bond donors (Lipinski definition) is 1. The van der Waals surface area contributed by atoms with E-state index in [9.17, 15) is 5.11 Å². The summed E-state index contributed by atoms with van der Waals surface area (Å²) < 4.78 is 6.06. The highest BCUT2D eigenvalue weighted by Crippen LogP contribution is 2.60. The smallest absolute Gasteiger partial charge is 0.120 e. The molecule has 5 atom stereocenters. The molecular weight excluding hydrogens is 356 g/mol. The fourth-order valence-electron chi connectivity index (χ4n) is 6.36. The van der Waals surface area contributed by atoms with Crippen LogP contribution in [-0.2, 0) is 13.0 Å². The van der Waals surface area contributed by atoms with Gasteiger partial charge < -0.3 is 9.84 Å². The van der Waals surface area contributed by atoms with Gasteiger partial charge in [-0.3, -0.25) is 0 Å². The molecule has 5 unspecified atom stereocenters. The van der Waals surface area contributed by atoms with Gasteiger partial charge in [0.1, 0.15) is 12.4 Å². The Morgan fingerprint density at radius 3 is 2.59 bits per heavy atom. The summed E-state index contributed by atoms with van der Waals surface area (Å²) in [4.78, 5) is 0. The van der Waals surface area contributed by atoms with E-state index in [-0.39, 0.29) is 11.5 Å². The van der Waals surface area contributed by atoms with Gasteiger partial charge in [0.25, 0.3) is 0 Å². The molecule has 0 aliphatic heterocycles. The third-order valence-corrected chi connectivity index (χ3v) is 7.90. The number of rotatable bonds is 3. The van der Waals surface area contributed by atoms with Crippen LogP contribution in [0.2, 0.25) is 0 Å². The molecule has 0 aromatic heterocycles. The summed E-state index contributed by atoms with van der Waals surface area (Å²) in [5.41, 5.74) is 4.42. The van der Waals surface area contributed by atoms with E-state index < -0.39 is 0 Å². The predicted molar refractivity (Wildman–Crippen MR) is 119 cm³/mol. The van der Waals surface area contributed by atoms with Crippen LogP contribution in [0.4, 0.5) is 0 Å². The SMILES string of the molecule is CC.CC12CCC3c4ccc(OCc5ccccc5)cc4CCC3C1CCC2O. The van der Waals surface area contributed by atoms with Gasteiger partial charge in [-0.2, -0.15) is 0 Å². The Kier molecular flexibility index (Phi) is 6.01. The average Bonchev–Trinajstić information content (AvgIpc) is 3.08. The number of aliphatic hydroxyl groups is 1. The molecule has 2 fully saturated rings. The van der Waals surface area contributed by atoms with E-state index in [2.05, 4.69) is 49.4 Å². The minimum absolute atomic E-state index is 0.0846. The predicted octanol–water partition coefficient (Wildman–Crippen LogP) is 6.51. The van der Waals surface area contributed by atoms with Crippen molar-refractivity contribution < 1.29 is 9.84 Å². The summed E-state index contributed by atoms with van der Waals surface area (Å²) in [6.45, 7) is 6.98. The van der Waals surface area contributed by atoms with Crippen LogP contribution >= 0.6 is 0 Å². The van der Waals surface area contributed by atoms with Crippen LogP contribution in [0.3, 0.4) is 0 Å². The molecule has 2 heteroatoms. The van der Waals surface area contributed by atoms with E-state index in [0.717, 1.165) is 24.5 Å². The van der Waals surface area contributed by atoms with E-state index in [1.165, 1.54) is 36.8 Å². The van der Waals surface area contributed by atoms with Crippen molar-refractivity contribution in [3.63, 3.8) is 0 Å². The van der Waals surface area contributed by atoms with Crippen molar-refractivity contribution in [2.75, 3.05) is 0 Å². The van der Waals surface area contributed by atoms with Crippen molar-refractivity contribution in [3.05, 3.63) is 65.2 Å². The minimum atomic E-state index is -0.0846. The summed E-state index contributed by atoms with van der Waals surface area (Å²) >= 11 is 0. The zero-order valence-corrected chi connectivity index (χ0v) is 18.2. The van der Waals surface area contributed by atoms with Gasteiger partial charge >= 0.3 is 0 Å². The van der Waals surface area contributed by atoms with Gasteiger partial charge in [0.2, 0.25) is 0 Å². The zero-order valence-electron chi connectivity index (χ0n) is 18.2. The van der Waals surface area contributed by atoms with Crippen molar-refractivity contribution in [3.8, 4) is 5.75 Å². The number of fused-ring (bicyclic) bond motifs is 5. The van der Waals surface area contributed by atoms with Crippen molar-refractivity contribution in [2.45, 2.75) is 77.9 Å². The van der Waals surface area contributed by atoms with Gasteiger partial charge in [0, 0.05) is 0 Å². The summed E-state index contributed by atoms with van der Waals surface area (Å²) in [5, 5.41) is 10.5. The molecule has 2 nitrogen and oxygen atoms in total. The van der Waals surface area contributed by atoms with E-state index in [4.69, 9.17) is 4.74 Å². The van der Waals surface area contributed by atoms with Gasteiger partial charge in [-0.25, -0.2) is 0 Å². The molecule has 0 amide bonds. The summed E-state index contributed by atoms with van der Waals surface area (Å²) in [6.07, 6.45) is 6.96. The molecule has 29 heavy (non-hydrogen) atoms. The van der Waals surface area contributed by atoms with Crippen LogP contribution in [-0.4, -0.2) is 11.2 Å². The van der Waals surface area contributed by atoms with Crippen molar-refractivity contribution in [1.82, 2.24) is 0 Å². The van der Waals surface area contributed by atoms with E-state index in [1.54, 1.807) is 5.56 Å². The minimum Gasteiger partial charge on any atom is -0.489 e. The highest BCUT2D eigenvalue weighted by atomic mass is 16.5. The molecule has 0 saturated heterocycles. The lowest BCUT2D eigenvalue weighted by molar-refractivity contribution is -0.0226. The van der Waals surface area contributed by atoms with E-state index >= 15 is 0 Å². The van der Waals surface area contributed by atoms with Crippen molar-refractivity contribution >= 4 is 0 Å². The molecule has 2 saturated carbocycles. The Labute approximate surface area is 176 Å². The van der Waals surface area contributed by atoms with Crippen molar-refractivity contribution in [1.29, 1.82) is 0 Å². The maximum atomic E-state index is 10.5. The van der Waals surface area contributed by atoms with Gasteiger partial charge in [0.15, 0.2) is 0 Å². The maximum absolute atomic E-state index is 10.5. The molecule has 5 rings (SSSR count). The molecule has 2 aromatic carbocycles. The second-order valence-corrected chi connectivity index (χ2v) is 9.19. The highest BCUT2D eigenvalue weighted by molar-refractivity contribution is 5.41. The molecular formula is C27H36O2. The third-order valence-electron chi connectivity index (χ3n) is 7.90. The van der Waals surface area contributed by atoms with Crippen LogP contribution in [0.5, 0.6) is 5.75 Å². The third kappa shape index (κ3) is 3.72. The van der Waals surface area contributed by atoms with Crippen molar-refractivity contribution in [2.24, 2.45) is 17.3 Å². The van der Waals surface area contributed by atoms with Gasteiger partial charge in [-0.05, 0) is 90.5 Å². The normalized spacial score (nSPS) is 32.3. The Morgan fingerprint density at radius 2 is 1.79 bits per heavy atom.